The molecule has 0 saturated carbocycles. The second-order valence-electron chi connectivity index (χ2n) is 5.38. The first-order valence-electron chi connectivity index (χ1n) is 7.39. The van der Waals surface area contributed by atoms with Gasteiger partial charge >= 0.3 is 0 Å². The lowest BCUT2D eigenvalue weighted by atomic mass is 9.80. The van der Waals surface area contributed by atoms with Crippen molar-refractivity contribution in [3.05, 3.63) is 60.2 Å². The summed E-state index contributed by atoms with van der Waals surface area (Å²) >= 11 is 0. The third-order valence-electron chi connectivity index (χ3n) is 4.15. The predicted octanol–water partition coefficient (Wildman–Crippen LogP) is 2.78. The average Bonchev–Trinajstić information content (AvgIpc) is 2.58. The van der Waals surface area contributed by atoms with Crippen molar-refractivity contribution in [2.24, 2.45) is 5.92 Å². The number of anilines is 1. The van der Waals surface area contributed by atoms with Crippen molar-refractivity contribution in [1.82, 2.24) is 0 Å². The summed E-state index contributed by atoms with van der Waals surface area (Å²) in [4.78, 5) is 14.3. The monoisotopic (exact) mass is 297 g/mol. The van der Waals surface area contributed by atoms with Crippen LogP contribution in [-0.2, 0) is 4.79 Å². The van der Waals surface area contributed by atoms with Crippen molar-refractivity contribution in [1.29, 1.82) is 0 Å². The maximum absolute atomic E-state index is 12.4. The number of β-lactam (4-membered cyclic amide) rings is 1. The molecule has 0 unspecified atom stereocenters. The summed E-state index contributed by atoms with van der Waals surface area (Å²) < 4.78 is 5.19. The maximum atomic E-state index is 12.4. The fourth-order valence-corrected chi connectivity index (χ4v) is 3.03. The number of rotatable bonds is 5. The second-order valence-corrected chi connectivity index (χ2v) is 5.38. The number of para-hydroxylation sites is 1. The van der Waals surface area contributed by atoms with Gasteiger partial charge in [-0.25, -0.2) is 0 Å². The minimum atomic E-state index is -0.168. The van der Waals surface area contributed by atoms with Gasteiger partial charge < -0.3 is 14.7 Å². The van der Waals surface area contributed by atoms with E-state index in [1.807, 2.05) is 59.5 Å². The Morgan fingerprint density at radius 2 is 1.77 bits per heavy atom. The summed E-state index contributed by atoms with van der Waals surface area (Å²) in [5, 5.41) is 9.23. The van der Waals surface area contributed by atoms with E-state index in [0.29, 0.717) is 6.42 Å². The van der Waals surface area contributed by atoms with Crippen LogP contribution in [0.25, 0.3) is 0 Å². The Morgan fingerprint density at radius 1 is 1.09 bits per heavy atom. The van der Waals surface area contributed by atoms with Gasteiger partial charge in [-0.3, -0.25) is 4.79 Å². The molecule has 1 saturated heterocycles. The highest BCUT2D eigenvalue weighted by Gasteiger charge is 2.48. The number of nitrogens with zero attached hydrogens (tertiary/aromatic N) is 1. The summed E-state index contributed by atoms with van der Waals surface area (Å²) in [6.45, 7) is 0.0195. The zero-order chi connectivity index (χ0) is 15.5. The van der Waals surface area contributed by atoms with Crippen LogP contribution < -0.4 is 9.64 Å². The number of hydrogen-bond donors (Lipinski definition) is 1. The van der Waals surface area contributed by atoms with Crippen molar-refractivity contribution in [3.8, 4) is 5.75 Å². The lowest BCUT2D eigenvalue weighted by molar-refractivity contribution is -0.131. The van der Waals surface area contributed by atoms with Crippen molar-refractivity contribution >= 4 is 11.6 Å². The van der Waals surface area contributed by atoms with Crippen molar-refractivity contribution in [2.45, 2.75) is 12.5 Å². The van der Waals surface area contributed by atoms with Gasteiger partial charge in [0.25, 0.3) is 0 Å². The van der Waals surface area contributed by atoms with E-state index < -0.39 is 0 Å². The predicted molar refractivity (Wildman–Crippen MR) is 84.9 cm³/mol. The smallest absolute Gasteiger partial charge is 0.233 e. The molecule has 1 heterocycles. The number of amides is 1. The van der Waals surface area contributed by atoms with Gasteiger partial charge in [0.15, 0.2) is 0 Å². The molecule has 0 aromatic heterocycles. The van der Waals surface area contributed by atoms with E-state index in [9.17, 15) is 9.90 Å². The Balaban J connectivity index is 1.93. The fourth-order valence-electron chi connectivity index (χ4n) is 3.03. The Labute approximate surface area is 130 Å². The zero-order valence-electron chi connectivity index (χ0n) is 12.5. The third kappa shape index (κ3) is 2.46. The van der Waals surface area contributed by atoms with E-state index >= 15 is 0 Å². The molecule has 22 heavy (non-hydrogen) atoms. The Hall–Kier alpha value is -2.33. The molecule has 1 aliphatic heterocycles. The summed E-state index contributed by atoms with van der Waals surface area (Å²) in [5.41, 5.74) is 1.95. The van der Waals surface area contributed by atoms with E-state index in [-0.39, 0.29) is 24.5 Å². The van der Waals surface area contributed by atoms with E-state index in [1.54, 1.807) is 7.11 Å². The minimum absolute atomic E-state index is 0.0195. The SMILES string of the molecule is COc1ccc([C@@H]2[C@H](CCO)C(=O)N2c2ccccc2)cc1. The van der Waals surface area contributed by atoms with Crippen LogP contribution in [0.15, 0.2) is 54.6 Å². The zero-order valence-corrected chi connectivity index (χ0v) is 12.5. The second kappa shape index (κ2) is 6.20. The molecule has 2 atom stereocenters. The maximum Gasteiger partial charge on any atom is 0.233 e. The van der Waals surface area contributed by atoms with E-state index in [0.717, 1.165) is 17.0 Å². The summed E-state index contributed by atoms with van der Waals surface area (Å²) in [6, 6.07) is 17.4. The van der Waals surface area contributed by atoms with Gasteiger partial charge in [-0.05, 0) is 36.2 Å². The van der Waals surface area contributed by atoms with E-state index in [2.05, 4.69) is 0 Å². The molecule has 1 aliphatic rings. The lowest BCUT2D eigenvalue weighted by Crippen LogP contribution is -2.55. The van der Waals surface area contributed by atoms with Crippen LogP contribution >= 0.6 is 0 Å². The molecule has 114 valence electrons. The van der Waals surface area contributed by atoms with Crippen molar-refractivity contribution in [2.75, 3.05) is 18.6 Å². The molecule has 2 aromatic rings. The van der Waals surface area contributed by atoms with Crippen LogP contribution in [0.3, 0.4) is 0 Å². The van der Waals surface area contributed by atoms with E-state index in [4.69, 9.17) is 4.74 Å². The first-order valence-corrected chi connectivity index (χ1v) is 7.39. The highest BCUT2D eigenvalue weighted by Crippen LogP contribution is 2.45. The molecule has 4 nitrogen and oxygen atoms in total. The topological polar surface area (TPSA) is 49.8 Å². The molecule has 3 rings (SSSR count). The van der Waals surface area contributed by atoms with Gasteiger partial charge in [-0.15, -0.1) is 0 Å². The highest BCUT2D eigenvalue weighted by atomic mass is 16.5. The number of benzene rings is 2. The molecule has 2 aromatic carbocycles. The van der Waals surface area contributed by atoms with Crippen LogP contribution in [0.4, 0.5) is 5.69 Å². The molecule has 0 spiro atoms. The number of aliphatic hydroxyl groups excluding tert-OH is 1. The van der Waals surface area contributed by atoms with E-state index in [1.165, 1.54) is 0 Å². The largest absolute Gasteiger partial charge is 0.497 e. The minimum Gasteiger partial charge on any atom is -0.497 e. The van der Waals surface area contributed by atoms with Crippen LogP contribution in [0.2, 0.25) is 0 Å². The first-order chi connectivity index (χ1) is 10.8. The lowest BCUT2D eigenvalue weighted by Gasteiger charge is -2.47. The first kappa shape index (κ1) is 14.6. The number of hydrogen-bond acceptors (Lipinski definition) is 3. The van der Waals surface area contributed by atoms with Gasteiger partial charge in [-0.1, -0.05) is 30.3 Å². The average molecular weight is 297 g/mol. The standard InChI is InChI=1S/C18H19NO3/c1-22-15-9-7-13(8-10-15)17-16(11-12-20)18(21)19(17)14-5-3-2-4-6-14/h2-10,16-17,20H,11-12H2,1H3/t16-,17+/m0/s1. The van der Waals surface area contributed by atoms with Crippen LogP contribution in [0.5, 0.6) is 5.75 Å². The highest BCUT2D eigenvalue weighted by molar-refractivity contribution is 6.03. The molecule has 0 bridgehead atoms. The summed E-state index contributed by atoms with van der Waals surface area (Å²) in [7, 11) is 1.63. The third-order valence-corrected chi connectivity index (χ3v) is 4.15. The van der Waals surface area contributed by atoms with Gasteiger partial charge in [0.2, 0.25) is 5.91 Å². The molecular weight excluding hydrogens is 278 g/mol. The Bertz CT molecular complexity index is 639. The normalized spacial score (nSPS) is 20.6. The Kier molecular flexibility index (Phi) is 4.11. The number of aliphatic hydroxyl groups is 1. The van der Waals surface area contributed by atoms with Crippen molar-refractivity contribution in [3.63, 3.8) is 0 Å². The van der Waals surface area contributed by atoms with Crippen LogP contribution in [0, 0.1) is 5.92 Å². The molecule has 4 heteroatoms. The van der Waals surface area contributed by atoms with Gasteiger partial charge in [0.05, 0.1) is 19.1 Å². The fraction of sp³-hybridized carbons (Fsp3) is 0.278. The molecular formula is C18H19NO3. The number of carbonyl (C=O) groups excluding carboxylic acids is 1. The number of carbonyl (C=O) groups is 1. The Morgan fingerprint density at radius 3 is 2.36 bits per heavy atom. The molecule has 1 amide bonds. The number of methoxy groups -OCH3 is 1. The van der Waals surface area contributed by atoms with Gasteiger partial charge in [0, 0.05) is 12.3 Å². The van der Waals surface area contributed by atoms with Crippen molar-refractivity contribution < 1.29 is 14.6 Å². The quantitative estimate of drug-likeness (QED) is 0.863. The van der Waals surface area contributed by atoms with Gasteiger partial charge in [-0.2, -0.15) is 0 Å². The number of ether oxygens (including phenoxy) is 1. The van der Waals surface area contributed by atoms with Gasteiger partial charge in [0.1, 0.15) is 5.75 Å². The van der Waals surface area contributed by atoms with Crippen LogP contribution in [-0.4, -0.2) is 24.7 Å². The molecule has 1 N–H and O–H groups in total. The summed E-state index contributed by atoms with van der Waals surface area (Å²) in [6.07, 6.45) is 0.485. The molecule has 0 aliphatic carbocycles. The molecule has 0 radical (unpaired) electrons. The molecule has 1 fully saturated rings. The van der Waals surface area contributed by atoms with Crippen LogP contribution in [0.1, 0.15) is 18.0 Å². The summed E-state index contributed by atoms with van der Waals surface area (Å²) in [5.74, 6) is 0.694.